The van der Waals surface area contributed by atoms with E-state index in [1.807, 2.05) is 49.4 Å². The van der Waals surface area contributed by atoms with E-state index in [1.165, 1.54) is 18.2 Å². The van der Waals surface area contributed by atoms with Gasteiger partial charge in [-0.05, 0) is 36.2 Å². The summed E-state index contributed by atoms with van der Waals surface area (Å²) in [6.07, 6.45) is 0. The van der Waals surface area contributed by atoms with Crippen molar-refractivity contribution < 1.29 is 19.6 Å². The van der Waals surface area contributed by atoms with E-state index < -0.39 is 10.9 Å². The number of nitro benzene ring substituents is 1. The van der Waals surface area contributed by atoms with Crippen LogP contribution in [0.1, 0.15) is 21.6 Å². The number of hydrogen-bond donors (Lipinski definition) is 1. The van der Waals surface area contributed by atoms with Gasteiger partial charge in [0, 0.05) is 23.0 Å². The van der Waals surface area contributed by atoms with Crippen LogP contribution in [-0.2, 0) is 6.54 Å². The van der Waals surface area contributed by atoms with Gasteiger partial charge in [-0.25, -0.2) is 4.79 Å². The quantitative estimate of drug-likeness (QED) is 0.293. The minimum Gasteiger partial charge on any atom is -0.476 e. The molecule has 0 saturated carbocycles. The molecule has 3 aromatic carbocycles. The molecule has 0 bridgehead atoms. The summed E-state index contributed by atoms with van der Waals surface area (Å²) in [5.41, 5.74) is 1.93. The van der Waals surface area contributed by atoms with Crippen molar-refractivity contribution in [3.8, 4) is 11.5 Å². The zero-order valence-electron chi connectivity index (χ0n) is 16.4. The Labute approximate surface area is 182 Å². The van der Waals surface area contributed by atoms with E-state index in [-0.39, 0.29) is 27.9 Å². The summed E-state index contributed by atoms with van der Waals surface area (Å²) in [4.78, 5) is 23.2. The zero-order valence-corrected chi connectivity index (χ0v) is 17.2. The highest BCUT2D eigenvalue weighted by molar-refractivity contribution is 6.30. The average Bonchev–Trinajstić information content (AvgIpc) is 3.04. The molecule has 7 nitrogen and oxygen atoms in total. The van der Waals surface area contributed by atoms with Gasteiger partial charge < -0.3 is 14.4 Å². The minimum atomic E-state index is -1.20. The Hall–Kier alpha value is -3.84. The molecule has 0 saturated heterocycles. The van der Waals surface area contributed by atoms with Gasteiger partial charge in [0.05, 0.1) is 10.4 Å². The van der Waals surface area contributed by atoms with E-state index in [0.717, 1.165) is 11.1 Å². The molecule has 4 rings (SSSR count). The third-order valence-electron chi connectivity index (χ3n) is 4.97. The fraction of sp³-hybridized carbons (Fsp3) is 0.0870. The number of aryl methyl sites for hydroxylation is 1. The van der Waals surface area contributed by atoms with Gasteiger partial charge >= 0.3 is 11.7 Å². The highest BCUT2D eigenvalue weighted by Crippen LogP contribution is 2.41. The molecular weight excluding hydrogens is 420 g/mol. The van der Waals surface area contributed by atoms with Crippen LogP contribution >= 0.6 is 11.6 Å². The van der Waals surface area contributed by atoms with Crippen molar-refractivity contribution in [1.82, 2.24) is 4.57 Å². The average molecular weight is 437 g/mol. The molecule has 0 aliphatic rings. The molecule has 4 aromatic rings. The number of carboxylic acids is 1. The van der Waals surface area contributed by atoms with Crippen molar-refractivity contribution in [3.63, 3.8) is 0 Å². The van der Waals surface area contributed by atoms with Gasteiger partial charge in [-0.3, -0.25) is 10.1 Å². The van der Waals surface area contributed by atoms with Crippen LogP contribution in [0, 0.1) is 17.0 Å². The fourth-order valence-corrected chi connectivity index (χ4v) is 3.77. The van der Waals surface area contributed by atoms with Crippen LogP contribution in [-0.4, -0.2) is 20.6 Å². The number of nitrogens with zero attached hydrogens (tertiary/aromatic N) is 2. The topological polar surface area (TPSA) is 94.6 Å². The number of benzene rings is 3. The zero-order chi connectivity index (χ0) is 22.1. The van der Waals surface area contributed by atoms with E-state index >= 15 is 0 Å². The molecule has 0 unspecified atom stereocenters. The maximum Gasteiger partial charge on any atom is 0.356 e. The first kappa shape index (κ1) is 20.4. The highest BCUT2D eigenvalue weighted by atomic mass is 35.5. The van der Waals surface area contributed by atoms with Crippen LogP contribution < -0.4 is 4.74 Å². The van der Waals surface area contributed by atoms with Gasteiger partial charge in [0.1, 0.15) is 0 Å². The number of rotatable bonds is 6. The molecule has 0 amide bonds. The Morgan fingerprint density at radius 3 is 2.55 bits per heavy atom. The second kappa shape index (κ2) is 8.12. The standard InChI is InChI=1S/C23H17ClN2O5/c1-14-6-5-9-17-20(14)22(31-19-11-10-16(24)12-18(19)26(29)30)21(23(27)28)25(17)13-15-7-3-2-4-8-15/h2-12H,13H2,1H3,(H,27,28). The first-order chi connectivity index (χ1) is 14.9. The Balaban J connectivity index is 1.96. The molecule has 0 atom stereocenters. The van der Waals surface area contributed by atoms with Gasteiger partial charge in [-0.1, -0.05) is 54.1 Å². The first-order valence-corrected chi connectivity index (χ1v) is 9.75. The van der Waals surface area contributed by atoms with Gasteiger partial charge in [0.2, 0.25) is 5.75 Å². The lowest BCUT2D eigenvalue weighted by Gasteiger charge is -2.10. The van der Waals surface area contributed by atoms with Gasteiger partial charge in [0.15, 0.2) is 11.4 Å². The van der Waals surface area contributed by atoms with Crippen molar-refractivity contribution in [1.29, 1.82) is 0 Å². The number of nitro groups is 1. The smallest absolute Gasteiger partial charge is 0.356 e. The lowest BCUT2D eigenvalue weighted by molar-refractivity contribution is -0.385. The molecule has 156 valence electrons. The maximum atomic E-state index is 12.3. The molecule has 1 heterocycles. The summed E-state index contributed by atoms with van der Waals surface area (Å²) in [6.45, 7) is 2.14. The summed E-state index contributed by atoms with van der Waals surface area (Å²) >= 11 is 5.90. The van der Waals surface area contributed by atoms with Crippen LogP contribution in [0.4, 0.5) is 5.69 Å². The number of aromatic nitrogens is 1. The number of aromatic carboxylic acids is 1. The van der Waals surface area contributed by atoms with E-state index in [2.05, 4.69) is 0 Å². The van der Waals surface area contributed by atoms with Gasteiger partial charge in [-0.2, -0.15) is 0 Å². The second-order valence-corrected chi connectivity index (χ2v) is 7.43. The number of carboxylic acid groups (broad SMARTS) is 1. The molecule has 1 aromatic heterocycles. The summed E-state index contributed by atoms with van der Waals surface area (Å²) in [5.74, 6) is -1.22. The predicted molar refractivity (Wildman–Crippen MR) is 117 cm³/mol. The predicted octanol–water partition coefficient (Wildman–Crippen LogP) is 6.05. The van der Waals surface area contributed by atoms with E-state index in [9.17, 15) is 20.0 Å². The fourth-order valence-electron chi connectivity index (χ4n) is 3.61. The minimum absolute atomic E-state index is 0.0574. The van der Waals surface area contributed by atoms with Crippen molar-refractivity contribution in [2.24, 2.45) is 0 Å². The van der Waals surface area contributed by atoms with E-state index in [1.54, 1.807) is 10.6 Å². The largest absolute Gasteiger partial charge is 0.476 e. The monoisotopic (exact) mass is 436 g/mol. The number of halogens is 1. The molecule has 0 fully saturated rings. The molecule has 1 N–H and O–H groups in total. The van der Waals surface area contributed by atoms with Crippen LogP contribution in [0.15, 0.2) is 66.7 Å². The summed E-state index contributed by atoms with van der Waals surface area (Å²) in [6, 6.07) is 18.9. The number of hydrogen-bond acceptors (Lipinski definition) is 4. The number of fused-ring (bicyclic) bond motifs is 1. The lowest BCUT2D eigenvalue weighted by atomic mass is 10.1. The molecule has 8 heteroatoms. The Bertz CT molecular complexity index is 1310. The van der Waals surface area contributed by atoms with Crippen LogP contribution in [0.3, 0.4) is 0 Å². The van der Waals surface area contributed by atoms with Crippen LogP contribution in [0.5, 0.6) is 11.5 Å². The number of carbonyl (C=O) groups is 1. The number of ether oxygens (including phenoxy) is 1. The maximum absolute atomic E-state index is 12.3. The van der Waals surface area contributed by atoms with Crippen molar-refractivity contribution >= 4 is 34.2 Å². The highest BCUT2D eigenvalue weighted by Gasteiger charge is 2.28. The molecule has 0 aliphatic heterocycles. The summed E-state index contributed by atoms with van der Waals surface area (Å²) < 4.78 is 7.58. The van der Waals surface area contributed by atoms with Crippen LogP contribution in [0.2, 0.25) is 5.02 Å². The molecule has 0 radical (unpaired) electrons. The van der Waals surface area contributed by atoms with E-state index in [4.69, 9.17) is 16.3 Å². The van der Waals surface area contributed by atoms with E-state index in [0.29, 0.717) is 17.4 Å². The Kier molecular flexibility index (Phi) is 5.35. The third kappa shape index (κ3) is 3.83. The Morgan fingerprint density at radius 1 is 1.13 bits per heavy atom. The summed E-state index contributed by atoms with van der Waals surface area (Å²) in [7, 11) is 0. The molecule has 31 heavy (non-hydrogen) atoms. The summed E-state index contributed by atoms with van der Waals surface area (Å²) in [5, 5.41) is 22.3. The third-order valence-corrected chi connectivity index (χ3v) is 5.20. The van der Waals surface area contributed by atoms with Crippen LogP contribution in [0.25, 0.3) is 10.9 Å². The first-order valence-electron chi connectivity index (χ1n) is 9.37. The molecular formula is C23H17ClN2O5. The van der Waals surface area contributed by atoms with Crippen molar-refractivity contribution in [3.05, 3.63) is 98.7 Å². The van der Waals surface area contributed by atoms with Crippen molar-refractivity contribution in [2.45, 2.75) is 13.5 Å². The van der Waals surface area contributed by atoms with Gasteiger partial charge in [-0.15, -0.1) is 0 Å². The normalized spacial score (nSPS) is 10.9. The second-order valence-electron chi connectivity index (χ2n) is 6.99. The lowest BCUT2D eigenvalue weighted by Crippen LogP contribution is -2.10. The van der Waals surface area contributed by atoms with Gasteiger partial charge in [0.25, 0.3) is 0 Å². The Morgan fingerprint density at radius 2 is 1.87 bits per heavy atom. The molecule has 0 aliphatic carbocycles. The SMILES string of the molecule is Cc1cccc2c1c(Oc1ccc(Cl)cc1[N+](=O)[O-])c(C(=O)O)n2Cc1ccccc1. The van der Waals surface area contributed by atoms with Crippen molar-refractivity contribution in [2.75, 3.05) is 0 Å². The molecule has 0 spiro atoms.